The van der Waals surface area contributed by atoms with Crippen LogP contribution in [0.1, 0.15) is 50.1 Å². The van der Waals surface area contributed by atoms with Crippen molar-refractivity contribution in [2.75, 3.05) is 37.4 Å². The Morgan fingerprint density at radius 1 is 0.946 bits per heavy atom. The highest BCUT2D eigenvalue weighted by molar-refractivity contribution is 6.06. The summed E-state index contributed by atoms with van der Waals surface area (Å²) in [4.78, 5) is 14.2. The molecule has 4 aromatic rings. The summed E-state index contributed by atoms with van der Waals surface area (Å²) >= 11 is 0. The maximum absolute atomic E-state index is 10.1. The van der Waals surface area contributed by atoms with Crippen LogP contribution in [0, 0.1) is 6.92 Å². The molecule has 1 saturated heterocycles. The van der Waals surface area contributed by atoms with E-state index in [1.165, 1.54) is 16.5 Å². The molecule has 6 rings (SSSR count). The Balaban J connectivity index is 1.26. The maximum atomic E-state index is 10.1. The lowest BCUT2D eigenvalue weighted by Gasteiger charge is -2.35. The van der Waals surface area contributed by atoms with Crippen molar-refractivity contribution in [3.8, 4) is 0 Å². The molecule has 1 aliphatic carbocycles. The van der Waals surface area contributed by atoms with Crippen molar-refractivity contribution in [1.82, 2.24) is 29.6 Å². The van der Waals surface area contributed by atoms with Crippen molar-refractivity contribution in [2.24, 2.45) is 0 Å². The Hall–Kier alpha value is -3.30. The Kier molecular flexibility index (Phi) is 6.42. The fourth-order valence-corrected chi connectivity index (χ4v) is 5.96. The van der Waals surface area contributed by atoms with E-state index in [2.05, 4.69) is 74.1 Å². The maximum Gasteiger partial charge on any atom is 0.230 e. The summed E-state index contributed by atoms with van der Waals surface area (Å²) in [6.07, 6.45) is 7.52. The number of anilines is 3. The van der Waals surface area contributed by atoms with E-state index in [0.29, 0.717) is 23.8 Å². The highest BCUT2D eigenvalue weighted by Gasteiger charge is 2.25. The zero-order valence-electron chi connectivity index (χ0n) is 21.9. The number of nitrogens with zero attached hydrogens (tertiary/aromatic N) is 7. The first kappa shape index (κ1) is 24.1. The van der Waals surface area contributed by atoms with E-state index in [0.717, 1.165) is 68.5 Å². The van der Waals surface area contributed by atoms with Crippen molar-refractivity contribution in [1.29, 1.82) is 0 Å². The first-order valence-electron chi connectivity index (χ1n) is 13.4. The monoisotopic (exact) mass is 500 g/mol. The van der Waals surface area contributed by atoms with Crippen LogP contribution in [0.5, 0.6) is 0 Å². The molecule has 0 unspecified atom stereocenters. The van der Waals surface area contributed by atoms with Gasteiger partial charge in [-0.1, -0.05) is 12.1 Å². The predicted molar refractivity (Wildman–Crippen MR) is 148 cm³/mol. The number of aliphatic hydroxyl groups excluding tert-OH is 1. The van der Waals surface area contributed by atoms with Crippen molar-refractivity contribution in [3.05, 3.63) is 42.1 Å². The minimum Gasteiger partial charge on any atom is -0.393 e. The molecule has 9 nitrogen and oxygen atoms in total. The van der Waals surface area contributed by atoms with Crippen molar-refractivity contribution in [3.63, 3.8) is 0 Å². The molecule has 1 aromatic carbocycles. The molecule has 1 aliphatic heterocycles. The quantitative estimate of drug-likeness (QED) is 0.416. The second-order valence-electron chi connectivity index (χ2n) is 10.9. The van der Waals surface area contributed by atoms with E-state index >= 15 is 0 Å². The number of fused-ring (bicyclic) bond motifs is 3. The van der Waals surface area contributed by atoms with E-state index in [9.17, 15) is 5.11 Å². The first-order chi connectivity index (χ1) is 18.0. The number of nitrogens with one attached hydrogen (secondary N) is 1. The molecule has 1 saturated carbocycles. The number of aromatic nitrogens is 5. The van der Waals surface area contributed by atoms with E-state index in [-0.39, 0.29) is 6.10 Å². The second kappa shape index (κ2) is 9.87. The van der Waals surface area contributed by atoms with Gasteiger partial charge >= 0.3 is 0 Å². The molecule has 4 heterocycles. The summed E-state index contributed by atoms with van der Waals surface area (Å²) in [5.74, 6) is 2.05. The summed E-state index contributed by atoms with van der Waals surface area (Å²) in [5.41, 5.74) is 3.33. The van der Waals surface area contributed by atoms with Gasteiger partial charge in [0.15, 0.2) is 11.6 Å². The predicted octanol–water partition coefficient (Wildman–Crippen LogP) is 4.43. The Bertz CT molecular complexity index is 1380. The van der Waals surface area contributed by atoms with Crippen LogP contribution < -0.4 is 10.2 Å². The van der Waals surface area contributed by atoms with Gasteiger partial charge in [0.2, 0.25) is 5.95 Å². The number of aliphatic hydroxyl groups is 1. The standard InChI is InChI=1S/C28H36N8O/c1-18-4-9-22-23-17-29-28(31-27(23)36(24(22)16-18)20-5-7-21(37)8-6-20)30-25-10-11-26(33-32-25)35-14-12-19(13-15-35)34(2)3/h4,9-11,16-17,19-21,37H,5-8,12-15H2,1-3H3,(H,29,30,31,32). The summed E-state index contributed by atoms with van der Waals surface area (Å²) < 4.78 is 2.36. The van der Waals surface area contributed by atoms with Crippen LogP contribution >= 0.6 is 0 Å². The number of piperidine rings is 1. The van der Waals surface area contributed by atoms with Crippen LogP contribution in [-0.4, -0.2) is 74.1 Å². The fourth-order valence-electron chi connectivity index (χ4n) is 5.96. The number of hydrogen-bond acceptors (Lipinski definition) is 8. The van der Waals surface area contributed by atoms with E-state index in [4.69, 9.17) is 4.98 Å². The summed E-state index contributed by atoms with van der Waals surface area (Å²) in [6.45, 7) is 4.11. The molecule has 37 heavy (non-hydrogen) atoms. The van der Waals surface area contributed by atoms with Gasteiger partial charge in [0.1, 0.15) is 5.65 Å². The van der Waals surface area contributed by atoms with Crippen LogP contribution in [-0.2, 0) is 0 Å². The zero-order valence-corrected chi connectivity index (χ0v) is 21.9. The third-order valence-corrected chi connectivity index (χ3v) is 8.14. The average molecular weight is 501 g/mol. The molecule has 0 atom stereocenters. The van der Waals surface area contributed by atoms with E-state index in [1.807, 2.05) is 18.3 Å². The van der Waals surface area contributed by atoms with Gasteiger partial charge in [-0.15, -0.1) is 10.2 Å². The zero-order chi connectivity index (χ0) is 25.5. The number of aryl methyl sites for hydroxylation is 1. The van der Waals surface area contributed by atoms with E-state index < -0.39 is 0 Å². The van der Waals surface area contributed by atoms with Gasteiger partial charge in [0.05, 0.1) is 11.6 Å². The molecule has 9 heteroatoms. The third-order valence-electron chi connectivity index (χ3n) is 8.14. The molecule has 0 spiro atoms. The van der Waals surface area contributed by atoms with Crippen LogP contribution in [0.2, 0.25) is 0 Å². The molecule has 194 valence electrons. The minimum atomic E-state index is -0.196. The molecule has 2 fully saturated rings. The molecule has 0 bridgehead atoms. The van der Waals surface area contributed by atoms with Crippen LogP contribution in [0.3, 0.4) is 0 Å². The number of benzene rings is 1. The molecule has 2 N–H and O–H groups in total. The molecular formula is C28H36N8O. The average Bonchev–Trinajstić information content (AvgIpc) is 3.22. The van der Waals surface area contributed by atoms with Gasteiger partial charge in [0.25, 0.3) is 0 Å². The van der Waals surface area contributed by atoms with Crippen LogP contribution in [0.25, 0.3) is 21.9 Å². The van der Waals surface area contributed by atoms with Gasteiger partial charge < -0.3 is 24.8 Å². The minimum absolute atomic E-state index is 0.196. The smallest absolute Gasteiger partial charge is 0.230 e. The van der Waals surface area contributed by atoms with Crippen LogP contribution in [0.15, 0.2) is 36.5 Å². The lowest BCUT2D eigenvalue weighted by Crippen LogP contribution is -2.42. The Morgan fingerprint density at radius 3 is 2.43 bits per heavy atom. The van der Waals surface area contributed by atoms with Gasteiger partial charge in [-0.05, 0) is 83.3 Å². The van der Waals surface area contributed by atoms with Crippen LogP contribution in [0.4, 0.5) is 17.6 Å². The molecule has 3 aromatic heterocycles. The summed E-state index contributed by atoms with van der Waals surface area (Å²) in [6, 6.07) is 11.5. The van der Waals surface area contributed by atoms with Gasteiger partial charge in [-0.2, -0.15) is 4.98 Å². The van der Waals surface area contributed by atoms with Gasteiger partial charge in [0, 0.05) is 42.1 Å². The highest BCUT2D eigenvalue weighted by atomic mass is 16.3. The lowest BCUT2D eigenvalue weighted by atomic mass is 9.93. The molecule has 0 amide bonds. The largest absolute Gasteiger partial charge is 0.393 e. The van der Waals surface area contributed by atoms with Gasteiger partial charge in [-0.3, -0.25) is 0 Å². The normalized spacial score (nSPS) is 21.3. The third kappa shape index (κ3) is 4.73. The van der Waals surface area contributed by atoms with E-state index in [1.54, 1.807) is 0 Å². The summed E-state index contributed by atoms with van der Waals surface area (Å²) in [5, 5.41) is 24.5. The van der Waals surface area contributed by atoms with Crippen molar-refractivity contribution >= 4 is 39.5 Å². The number of rotatable bonds is 5. The SMILES string of the molecule is Cc1ccc2c3cnc(Nc4ccc(N5CCC(N(C)C)CC5)nn4)nc3n(C3CCC(O)CC3)c2c1. The van der Waals surface area contributed by atoms with Crippen molar-refractivity contribution in [2.45, 2.75) is 63.6 Å². The topological polar surface area (TPSA) is 95.2 Å². The Morgan fingerprint density at radius 2 is 1.73 bits per heavy atom. The Labute approximate surface area is 217 Å². The molecule has 2 aliphatic rings. The van der Waals surface area contributed by atoms with Crippen molar-refractivity contribution < 1.29 is 5.11 Å². The lowest BCUT2D eigenvalue weighted by molar-refractivity contribution is 0.112. The van der Waals surface area contributed by atoms with Gasteiger partial charge in [-0.25, -0.2) is 4.98 Å². The molecule has 0 radical (unpaired) electrons. The highest BCUT2D eigenvalue weighted by Crippen LogP contribution is 2.37. The fraction of sp³-hybridized carbons (Fsp3) is 0.500. The number of hydrogen-bond donors (Lipinski definition) is 2. The second-order valence-corrected chi connectivity index (χ2v) is 10.9. The molecular weight excluding hydrogens is 464 g/mol. The summed E-state index contributed by atoms with van der Waals surface area (Å²) in [7, 11) is 4.31. The first-order valence-corrected chi connectivity index (χ1v) is 13.4.